The quantitative estimate of drug-likeness (QED) is 0.324. The van der Waals surface area contributed by atoms with Crippen molar-refractivity contribution in [2.75, 3.05) is 0 Å². The second kappa shape index (κ2) is 8.41. The zero-order valence-corrected chi connectivity index (χ0v) is 21.7. The van der Waals surface area contributed by atoms with E-state index in [1.807, 2.05) is 39.3 Å². The van der Waals surface area contributed by atoms with Gasteiger partial charge in [-0.1, -0.05) is 12.2 Å². The van der Waals surface area contributed by atoms with Gasteiger partial charge >= 0.3 is 0 Å². The van der Waals surface area contributed by atoms with Crippen molar-refractivity contribution in [3.05, 3.63) is 0 Å². The Kier molecular flexibility index (Phi) is 7.11. The van der Waals surface area contributed by atoms with Crippen LogP contribution >= 0.6 is 24.0 Å². The smallest absolute Gasteiger partial charge is 0.294 e. The van der Waals surface area contributed by atoms with Crippen molar-refractivity contribution in [2.45, 2.75) is 81.3 Å². The summed E-state index contributed by atoms with van der Waals surface area (Å²) >= 11 is 6.65. The Morgan fingerprint density at radius 1 is 1.17 bits per heavy atom. The largest absolute Gasteiger partial charge is 0.520 e. The Morgan fingerprint density at radius 3 is 1.97 bits per heavy atom. The Bertz CT molecular complexity index is 673. The van der Waals surface area contributed by atoms with Crippen LogP contribution in [0.5, 0.6) is 0 Å². The van der Waals surface area contributed by atoms with E-state index >= 15 is 0 Å². The summed E-state index contributed by atoms with van der Waals surface area (Å²) in [7, 11) is -4.30. The summed E-state index contributed by atoms with van der Waals surface area (Å²) in [5.41, 5.74) is -1.13. The van der Waals surface area contributed by atoms with Crippen LogP contribution in [0.3, 0.4) is 0 Å². The van der Waals surface area contributed by atoms with Crippen LogP contribution in [0, 0.1) is 5.92 Å². The number of aliphatic hydroxyl groups excluding tert-OH is 1. The molecule has 0 aliphatic carbocycles. The molecule has 2 fully saturated rings. The first-order valence-electron chi connectivity index (χ1n) is 9.67. The molecule has 0 aromatic carbocycles. The van der Waals surface area contributed by atoms with Crippen LogP contribution in [0.25, 0.3) is 0 Å². The summed E-state index contributed by atoms with van der Waals surface area (Å²) in [5, 5.41) is 10.8. The lowest BCUT2D eigenvalue weighted by molar-refractivity contribution is -0.169. The average molecular weight is 478 g/mol. The first-order chi connectivity index (χ1) is 13.1. The molecule has 0 aromatic heterocycles. The van der Waals surface area contributed by atoms with Crippen molar-refractivity contribution in [1.82, 2.24) is 4.90 Å². The third kappa shape index (κ3) is 5.30. The van der Waals surface area contributed by atoms with Gasteiger partial charge in [0.25, 0.3) is 11.9 Å². The molecule has 164 valence electrons. The Morgan fingerprint density at radius 2 is 1.62 bits per heavy atom. The van der Waals surface area contributed by atoms with Gasteiger partial charge in [0.2, 0.25) is 22.5 Å². The van der Waals surface area contributed by atoms with Gasteiger partial charge in [-0.05, 0) is 51.6 Å². The minimum Gasteiger partial charge on any atom is -0.520 e. The highest BCUT2D eigenvalue weighted by Gasteiger charge is 2.67. The molecule has 2 heterocycles. The molecule has 1 unspecified atom stereocenters. The Labute approximate surface area is 184 Å². The van der Waals surface area contributed by atoms with E-state index in [4.69, 9.17) is 21.1 Å². The SMILES string of the molecule is CC(O)[C@@H]1C(=O)N2[C@@H]1S[C@@H](C=S)C2(CC(=O)O[Si](C)(C)C)CC(=O)O[Si](C)(C)C. The minimum atomic E-state index is -2.15. The van der Waals surface area contributed by atoms with Crippen molar-refractivity contribution < 1.29 is 28.3 Å². The van der Waals surface area contributed by atoms with Crippen molar-refractivity contribution in [3.63, 3.8) is 0 Å². The number of hydrogen-bond acceptors (Lipinski definition) is 8. The minimum absolute atomic E-state index is 0.127. The molecule has 2 saturated heterocycles. The molecule has 0 saturated carbocycles. The first kappa shape index (κ1) is 24.5. The van der Waals surface area contributed by atoms with E-state index in [2.05, 4.69) is 0 Å². The molecule has 1 N–H and O–H groups in total. The zero-order valence-electron chi connectivity index (χ0n) is 18.1. The van der Waals surface area contributed by atoms with Crippen LogP contribution in [0.4, 0.5) is 0 Å². The van der Waals surface area contributed by atoms with Crippen LogP contribution in [0.2, 0.25) is 39.3 Å². The first-order valence-corrected chi connectivity index (χ1v) is 17.9. The van der Waals surface area contributed by atoms with Crippen LogP contribution in [-0.4, -0.2) is 72.1 Å². The molecule has 0 radical (unpaired) electrons. The van der Waals surface area contributed by atoms with Gasteiger partial charge in [-0.15, -0.1) is 11.8 Å². The molecule has 0 aromatic rings. The number of amides is 1. The lowest BCUT2D eigenvalue weighted by Crippen LogP contribution is -2.69. The number of rotatable bonds is 8. The second-order valence-electron chi connectivity index (χ2n) is 9.69. The topological polar surface area (TPSA) is 93.1 Å². The average Bonchev–Trinajstić information content (AvgIpc) is 2.70. The lowest BCUT2D eigenvalue weighted by Gasteiger charge is -2.51. The van der Waals surface area contributed by atoms with Crippen LogP contribution in [-0.2, 0) is 23.2 Å². The number of thioether (sulfide) groups is 1. The van der Waals surface area contributed by atoms with Crippen molar-refractivity contribution in [2.24, 2.45) is 5.92 Å². The summed E-state index contributed by atoms with van der Waals surface area (Å²) in [6.07, 6.45) is -1.07. The van der Waals surface area contributed by atoms with Crippen molar-refractivity contribution in [3.8, 4) is 0 Å². The predicted octanol–water partition coefficient (Wildman–Crippen LogP) is 2.54. The standard InChI is InChI=1S/C18H31NO6S2Si2/c1-11(20)15-16(23)19-17(15)27-12(10-26)18(19,8-13(21)24-28(2,3)4)9-14(22)25-29(5,6)7/h10-12,15,17,20H,8-9H2,1-7H3/t11?,12-,15+,17+/m0/s1. The molecular formula is C18H31NO6S2Si2. The maximum absolute atomic E-state index is 12.9. The van der Waals surface area contributed by atoms with Crippen LogP contribution < -0.4 is 0 Å². The van der Waals surface area contributed by atoms with Crippen molar-refractivity contribution in [1.29, 1.82) is 0 Å². The van der Waals surface area contributed by atoms with E-state index in [0.717, 1.165) is 0 Å². The van der Waals surface area contributed by atoms with Gasteiger partial charge in [0.1, 0.15) is 0 Å². The molecule has 2 rings (SSSR count). The van der Waals surface area contributed by atoms with Crippen molar-refractivity contribution >= 4 is 63.8 Å². The number of carbonyl (C=O) groups excluding carboxylic acids is 3. The van der Waals surface area contributed by atoms with Gasteiger partial charge in [0, 0.05) is 0 Å². The number of hydrogen-bond donors (Lipinski definition) is 1. The maximum atomic E-state index is 12.9. The molecule has 11 heteroatoms. The number of fused-ring (bicyclic) bond motifs is 1. The summed E-state index contributed by atoms with van der Waals surface area (Å²) < 4.78 is 11.3. The number of carbonyl (C=O) groups is 3. The highest BCUT2D eigenvalue weighted by molar-refractivity contribution is 8.02. The molecule has 29 heavy (non-hydrogen) atoms. The molecule has 2 aliphatic rings. The fourth-order valence-corrected chi connectivity index (χ4v) is 7.61. The molecule has 0 bridgehead atoms. The fourth-order valence-electron chi connectivity index (χ4n) is 3.81. The monoisotopic (exact) mass is 477 g/mol. The van der Waals surface area contributed by atoms with E-state index in [9.17, 15) is 19.5 Å². The number of aliphatic hydroxyl groups is 1. The van der Waals surface area contributed by atoms with Crippen LogP contribution in [0.1, 0.15) is 19.8 Å². The summed E-state index contributed by atoms with van der Waals surface area (Å²) in [6, 6.07) is 0. The van der Waals surface area contributed by atoms with Gasteiger partial charge in [-0.3, -0.25) is 14.4 Å². The highest BCUT2D eigenvalue weighted by Crippen LogP contribution is 2.56. The molecule has 0 spiro atoms. The molecular weight excluding hydrogens is 447 g/mol. The summed E-state index contributed by atoms with van der Waals surface area (Å²) in [6.45, 7) is 13.0. The Hall–Kier alpha value is -0.756. The van der Waals surface area contributed by atoms with Gasteiger partial charge in [0.05, 0.1) is 41.0 Å². The number of thiocarbonyl (C=S) groups is 1. The third-order valence-corrected chi connectivity index (χ3v) is 8.54. The van der Waals surface area contributed by atoms with E-state index < -0.39 is 51.4 Å². The maximum Gasteiger partial charge on any atom is 0.294 e. The molecule has 2 aliphatic heterocycles. The fraction of sp³-hybridized carbons (Fsp3) is 0.778. The molecule has 1 amide bonds. The van der Waals surface area contributed by atoms with Gasteiger partial charge < -0.3 is 18.9 Å². The number of β-lactam (4-membered cyclic amide) rings is 1. The highest BCUT2D eigenvalue weighted by atomic mass is 32.2. The molecule has 7 nitrogen and oxygen atoms in total. The van der Waals surface area contributed by atoms with E-state index in [1.54, 1.807) is 11.8 Å². The zero-order chi connectivity index (χ0) is 22.4. The normalized spacial score (nSPS) is 27.0. The van der Waals surface area contributed by atoms with E-state index in [-0.39, 0.29) is 24.1 Å². The van der Waals surface area contributed by atoms with E-state index in [1.165, 1.54) is 17.1 Å². The van der Waals surface area contributed by atoms with Crippen LogP contribution in [0.15, 0.2) is 0 Å². The van der Waals surface area contributed by atoms with E-state index in [0.29, 0.717) is 0 Å². The summed E-state index contributed by atoms with van der Waals surface area (Å²) in [4.78, 5) is 40.0. The van der Waals surface area contributed by atoms with Gasteiger partial charge in [0.15, 0.2) is 0 Å². The summed E-state index contributed by atoms with van der Waals surface area (Å²) in [5.74, 6) is -1.72. The van der Waals surface area contributed by atoms with Gasteiger partial charge in [-0.25, -0.2) is 0 Å². The second-order valence-corrected chi connectivity index (χ2v) is 20.1. The lowest BCUT2D eigenvalue weighted by atomic mass is 9.79. The Balaban J connectivity index is 2.40. The van der Waals surface area contributed by atoms with Gasteiger partial charge in [-0.2, -0.15) is 0 Å². The predicted molar refractivity (Wildman–Crippen MR) is 122 cm³/mol. The molecule has 4 atom stereocenters. The third-order valence-electron chi connectivity index (χ3n) is 4.76. The number of nitrogens with zero attached hydrogens (tertiary/aromatic N) is 1.